The Morgan fingerprint density at radius 3 is 2.76 bits per heavy atom. The van der Waals surface area contributed by atoms with Gasteiger partial charge in [-0.05, 0) is 43.1 Å². The van der Waals surface area contributed by atoms with Crippen LogP contribution in [0.4, 0.5) is 0 Å². The highest BCUT2D eigenvalue weighted by Crippen LogP contribution is 2.28. The van der Waals surface area contributed by atoms with Crippen LogP contribution in [0, 0.1) is 5.92 Å². The first-order valence-electron chi connectivity index (χ1n) is 12.5. The summed E-state index contributed by atoms with van der Waals surface area (Å²) in [6.45, 7) is 1.68. The Kier molecular flexibility index (Phi) is 9.43. The molecule has 1 aromatic carbocycles. The topological polar surface area (TPSA) is 110 Å². The van der Waals surface area contributed by atoms with Crippen molar-refractivity contribution in [2.75, 3.05) is 6.61 Å². The monoisotopic (exact) mass is 513 g/mol. The van der Waals surface area contributed by atoms with Gasteiger partial charge in [0.05, 0.1) is 24.8 Å². The number of aromatic nitrogens is 1. The number of nitrogens with zero attached hydrogens (tertiary/aromatic N) is 1. The first-order chi connectivity index (χ1) is 18.6. The summed E-state index contributed by atoms with van der Waals surface area (Å²) in [7, 11) is 0. The van der Waals surface area contributed by atoms with Gasteiger partial charge in [0.15, 0.2) is 11.4 Å². The Hall–Kier alpha value is -4.23. The van der Waals surface area contributed by atoms with Crippen molar-refractivity contribution in [1.82, 2.24) is 15.8 Å². The third kappa shape index (κ3) is 6.95. The fourth-order valence-corrected chi connectivity index (χ4v) is 4.09. The maximum Gasteiger partial charge on any atom is 0.297 e. The van der Waals surface area contributed by atoms with Gasteiger partial charge in [0.25, 0.3) is 11.8 Å². The molecule has 2 aromatic rings. The molecule has 1 heterocycles. The summed E-state index contributed by atoms with van der Waals surface area (Å²) in [5, 5.41) is 13.2. The molecule has 8 heteroatoms. The lowest BCUT2D eigenvalue weighted by Crippen LogP contribution is -2.35. The lowest BCUT2D eigenvalue weighted by molar-refractivity contribution is 0.0256. The molecular formula is C30H31N3O5. The first kappa shape index (κ1) is 26.8. The van der Waals surface area contributed by atoms with Crippen LogP contribution in [0.3, 0.4) is 0 Å². The smallest absolute Gasteiger partial charge is 0.297 e. The van der Waals surface area contributed by atoms with Crippen molar-refractivity contribution < 1.29 is 24.3 Å². The molecular weight excluding hydrogens is 482 g/mol. The molecule has 0 radical (unpaired) electrons. The number of hydrogen-bond acceptors (Lipinski definition) is 6. The van der Waals surface area contributed by atoms with E-state index in [1.165, 1.54) is 6.20 Å². The average Bonchev–Trinajstić information content (AvgIpc) is 2.96. The van der Waals surface area contributed by atoms with Crippen LogP contribution in [-0.4, -0.2) is 34.6 Å². The van der Waals surface area contributed by atoms with Gasteiger partial charge in [-0.25, -0.2) is 10.5 Å². The molecule has 0 spiro atoms. The van der Waals surface area contributed by atoms with Crippen molar-refractivity contribution in [3.05, 3.63) is 113 Å². The fourth-order valence-electron chi connectivity index (χ4n) is 4.09. The third-order valence-electron chi connectivity index (χ3n) is 6.15. The Labute approximate surface area is 222 Å². The van der Waals surface area contributed by atoms with Gasteiger partial charge >= 0.3 is 0 Å². The van der Waals surface area contributed by atoms with Gasteiger partial charge in [0.1, 0.15) is 6.61 Å². The van der Waals surface area contributed by atoms with E-state index in [0.717, 1.165) is 24.0 Å². The highest BCUT2D eigenvalue weighted by Gasteiger charge is 2.25. The van der Waals surface area contributed by atoms with Gasteiger partial charge in [0, 0.05) is 17.7 Å². The number of aliphatic hydroxyl groups excluding tert-OH is 1. The predicted octanol–water partition coefficient (Wildman–Crippen LogP) is 4.11. The zero-order chi connectivity index (χ0) is 26.7. The Morgan fingerprint density at radius 2 is 2.05 bits per heavy atom. The summed E-state index contributed by atoms with van der Waals surface area (Å²) >= 11 is 0. The quantitative estimate of drug-likeness (QED) is 0.308. The second-order valence-corrected chi connectivity index (χ2v) is 8.93. The molecule has 0 saturated carbocycles. The van der Waals surface area contributed by atoms with Crippen LogP contribution in [0.15, 0.2) is 90.4 Å². The van der Waals surface area contributed by atoms with E-state index in [2.05, 4.69) is 33.7 Å². The summed E-state index contributed by atoms with van der Waals surface area (Å²) in [5.41, 5.74) is 7.43. The molecule has 8 nitrogen and oxygen atoms in total. The highest BCUT2D eigenvalue weighted by atomic mass is 16.7. The molecule has 2 amide bonds. The average molecular weight is 514 g/mol. The fraction of sp³-hybridized carbons (Fsp3) is 0.267. The molecule has 3 N–H and O–H groups in total. The molecule has 0 fully saturated rings. The Balaban J connectivity index is 1.56. The summed E-state index contributed by atoms with van der Waals surface area (Å²) in [5.74, 6) is -1.09. The van der Waals surface area contributed by atoms with Gasteiger partial charge in [-0.2, -0.15) is 0 Å². The number of nitrogens with one attached hydrogen (secondary N) is 2. The van der Waals surface area contributed by atoms with Crippen LogP contribution < -0.4 is 15.5 Å². The number of allylic oxidation sites excluding steroid dienone is 3. The molecule has 1 unspecified atom stereocenters. The molecule has 2 atom stereocenters. The lowest BCUT2D eigenvalue weighted by Gasteiger charge is -2.20. The van der Waals surface area contributed by atoms with E-state index in [9.17, 15) is 14.7 Å². The predicted molar refractivity (Wildman–Crippen MR) is 143 cm³/mol. The summed E-state index contributed by atoms with van der Waals surface area (Å²) in [4.78, 5) is 35.9. The number of amides is 2. The van der Waals surface area contributed by atoms with Crippen LogP contribution in [0.25, 0.3) is 0 Å². The normalized spacial score (nSPS) is 16.6. The van der Waals surface area contributed by atoms with Crippen molar-refractivity contribution in [1.29, 1.82) is 0 Å². The molecule has 1 aromatic heterocycles. The molecule has 196 valence electrons. The summed E-state index contributed by atoms with van der Waals surface area (Å²) in [6.07, 6.45) is 16.7. The van der Waals surface area contributed by atoms with Crippen LogP contribution >= 0.6 is 0 Å². The van der Waals surface area contributed by atoms with Gasteiger partial charge in [-0.1, -0.05) is 60.7 Å². The molecule has 2 aliphatic rings. The van der Waals surface area contributed by atoms with E-state index < -0.39 is 18.4 Å². The van der Waals surface area contributed by atoms with Crippen molar-refractivity contribution in [3.8, 4) is 5.75 Å². The number of carbonyl (C=O) groups excluding carboxylic acids is 2. The number of aliphatic hydroxyl groups is 1. The SMILES string of the molecule is C[C@H](NC(=O)c1cnc(C(=O)NOCC2C=C=CC=C2)c(OCc2ccccc2)c1CO)C1=CCCC=C1. The summed E-state index contributed by atoms with van der Waals surface area (Å²) in [6, 6.07) is 9.13. The minimum Gasteiger partial charge on any atom is -0.486 e. The van der Waals surface area contributed by atoms with Crippen molar-refractivity contribution in [2.45, 2.75) is 39.0 Å². The number of pyridine rings is 1. The number of rotatable bonds is 11. The van der Waals surface area contributed by atoms with Gasteiger partial charge in [0.2, 0.25) is 0 Å². The van der Waals surface area contributed by atoms with Gasteiger partial charge in [-0.3, -0.25) is 14.4 Å². The van der Waals surface area contributed by atoms with Crippen LogP contribution in [-0.2, 0) is 18.1 Å². The van der Waals surface area contributed by atoms with Crippen LogP contribution in [0.5, 0.6) is 5.75 Å². The molecule has 2 aliphatic carbocycles. The standard InChI is InChI=1S/C30H31N3O5/c1-21(24-15-9-4-10-16-24)32-29(35)25-17-31-27(30(36)33-38-20-23-13-7-3-8-14-23)28(26(25)18-34)37-19-22-11-5-2-6-12-22/h2-3,5-7,9,11-17,21,23,34H,4,10,18-20H2,1H3,(H,32,35)(H,33,36)/t21-,23?/m0/s1. The number of ether oxygens (including phenoxy) is 1. The Bertz CT molecular complexity index is 1310. The van der Waals surface area contributed by atoms with E-state index in [1.807, 2.05) is 61.6 Å². The second-order valence-electron chi connectivity index (χ2n) is 8.93. The lowest BCUT2D eigenvalue weighted by atomic mass is 10.0. The van der Waals surface area contributed by atoms with E-state index in [0.29, 0.717) is 0 Å². The Morgan fingerprint density at radius 1 is 1.21 bits per heavy atom. The van der Waals surface area contributed by atoms with E-state index in [-0.39, 0.29) is 47.7 Å². The minimum absolute atomic E-state index is 0.0231. The van der Waals surface area contributed by atoms with E-state index in [4.69, 9.17) is 9.57 Å². The van der Waals surface area contributed by atoms with Crippen molar-refractivity contribution >= 4 is 11.8 Å². The zero-order valence-electron chi connectivity index (χ0n) is 21.2. The first-order valence-corrected chi connectivity index (χ1v) is 12.5. The largest absolute Gasteiger partial charge is 0.486 e. The molecule has 38 heavy (non-hydrogen) atoms. The van der Waals surface area contributed by atoms with Crippen molar-refractivity contribution in [2.24, 2.45) is 5.92 Å². The molecule has 0 aliphatic heterocycles. The maximum absolute atomic E-state index is 13.2. The zero-order valence-corrected chi connectivity index (χ0v) is 21.2. The molecule has 0 bridgehead atoms. The van der Waals surface area contributed by atoms with Gasteiger partial charge < -0.3 is 15.2 Å². The highest BCUT2D eigenvalue weighted by molar-refractivity contribution is 6.00. The number of hydrogen-bond donors (Lipinski definition) is 3. The number of benzene rings is 1. The third-order valence-corrected chi connectivity index (χ3v) is 6.15. The number of hydroxylamine groups is 1. The second kappa shape index (κ2) is 13.4. The maximum atomic E-state index is 13.2. The van der Waals surface area contributed by atoms with Crippen LogP contribution in [0.2, 0.25) is 0 Å². The summed E-state index contributed by atoms with van der Waals surface area (Å²) < 4.78 is 6.00. The van der Waals surface area contributed by atoms with Gasteiger partial charge in [-0.15, -0.1) is 5.73 Å². The molecule has 4 rings (SSSR count). The minimum atomic E-state index is -0.653. The van der Waals surface area contributed by atoms with Crippen LogP contribution in [0.1, 0.15) is 51.7 Å². The van der Waals surface area contributed by atoms with E-state index >= 15 is 0 Å². The van der Waals surface area contributed by atoms with E-state index in [1.54, 1.807) is 6.08 Å². The number of carbonyl (C=O) groups is 2. The molecule has 0 saturated heterocycles. The van der Waals surface area contributed by atoms with Crippen molar-refractivity contribution in [3.63, 3.8) is 0 Å².